The zero-order chi connectivity index (χ0) is 23.4. The average molecular weight is 445 g/mol. The number of nitrogens with two attached hydrogens (primary N) is 1. The molecule has 2 aromatic carbocycles. The van der Waals surface area contributed by atoms with E-state index in [0.717, 1.165) is 16.8 Å². The van der Waals surface area contributed by atoms with Gasteiger partial charge in [-0.15, -0.1) is 5.10 Å². The summed E-state index contributed by atoms with van der Waals surface area (Å²) < 4.78 is 6.04. The van der Waals surface area contributed by atoms with Crippen LogP contribution in [-0.2, 0) is 6.54 Å². The minimum Gasteiger partial charge on any atom is -0.378 e. The van der Waals surface area contributed by atoms with Crippen molar-refractivity contribution < 1.29 is 9.42 Å². The summed E-state index contributed by atoms with van der Waals surface area (Å²) in [5.41, 5.74) is 15.3. The monoisotopic (exact) mass is 445 g/mol. The van der Waals surface area contributed by atoms with E-state index in [2.05, 4.69) is 38.1 Å². The molecule has 0 radical (unpaired) electrons. The van der Waals surface area contributed by atoms with Crippen molar-refractivity contribution in [3.63, 3.8) is 0 Å². The predicted molar refractivity (Wildman–Crippen MR) is 123 cm³/mol. The van der Waals surface area contributed by atoms with Gasteiger partial charge < -0.3 is 10.6 Å². The topological polar surface area (TPSA) is 140 Å². The molecule has 4 N–H and O–H groups in total. The highest BCUT2D eigenvalue weighted by atomic mass is 16.6. The van der Waals surface area contributed by atoms with Crippen LogP contribution in [0.4, 0.5) is 11.5 Å². The number of nitrogen functional groups attached to an aromatic ring is 1. The van der Waals surface area contributed by atoms with Crippen LogP contribution in [0.25, 0.3) is 11.5 Å². The fraction of sp³-hybridized carbons (Fsp3) is 0.136. The van der Waals surface area contributed by atoms with Gasteiger partial charge in [0.15, 0.2) is 5.69 Å². The number of amides is 1. The molecule has 11 heteroatoms. The van der Waals surface area contributed by atoms with Crippen molar-refractivity contribution in [2.45, 2.75) is 13.5 Å². The smallest absolute Gasteiger partial charge is 0.292 e. The number of nitrogens with one attached hydrogen (secondary N) is 2. The number of carbonyl (C=O) groups is 1. The van der Waals surface area contributed by atoms with Gasteiger partial charge in [-0.3, -0.25) is 15.6 Å². The summed E-state index contributed by atoms with van der Waals surface area (Å²) in [5.74, 6) is -0.322. The fourth-order valence-electron chi connectivity index (χ4n) is 3.14. The molecule has 0 unspecified atom stereocenters. The van der Waals surface area contributed by atoms with Crippen LogP contribution < -0.4 is 21.5 Å². The van der Waals surface area contributed by atoms with Gasteiger partial charge in [0.25, 0.3) is 5.91 Å². The third kappa shape index (κ3) is 4.66. The summed E-state index contributed by atoms with van der Waals surface area (Å²) in [5, 5.41) is 15.5. The van der Waals surface area contributed by atoms with E-state index in [1.807, 2.05) is 73.5 Å². The normalized spacial score (nSPS) is 10.6. The Hall–Kier alpha value is -4.67. The first kappa shape index (κ1) is 21.6. The minimum absolute atomic E-state index is 0.0290. The molecule has 1 amide bonds. The van der Waals surface area contributed by atoms with E-state index in [1.165, 1.54) is 4.68 Å². The second kappa shape index (κ2) is 9.22. The Kier molecular flexibility index (Phi) is 6.02. The van der Waals surface area contributed by atoms with Crippen LogP contribution in [0.5, 0.6) is 0 Å². The van der Waals surface area contributed by atoms with Gasteiger partial charge in [0, 0.05) is 12.7 Å². The zero-order valence-corrected chi connectivity index (χ0v) is 18.2. The number of hydrogen-bond donors (Lipinski definition) is 3. The highest BCUT2D eigenvalue weighted by Crippen LogP contribution is 2.20. The average Bonchev–Trinajstić information content (AvgIpc) is 3.43. The van der Waals surface area contributed by atoms with Gasteiger partial charge in [-0.25, -0.2) is 4.63 Å². The van der Waals surface area contributed by atoms with Gasteiger partial charge in [-0.1, -0.05) is 59.8 Å². The van der Waals surface area contributed by atoms with Crippen molar-refractivity contribution in [1.29, 1.82) is 0 Å². The largest absolute Gasteiger partial charge is 0.378 e. The van der Waals surface area contributed by atoms with Gasteiger partial charge in [0.2, 0.25) is 11.6 Å². The predicted octanol–water partition coefficient (Wildman–Crippen LogP) is 2.08. The Morgan fingerprint density at radius 1 is 1.12 bits per heavy atom. The molecule has 0 aliphatic carbocycles. The van der Waals surface area contributed by atoms with Crippen LogP contribution >= 0.6 is 0 Å². The Morgan fingerprint density at radius 3 is 2.52 bits per heavy atom. The highest BCUT2D eigenvalue weighted by molar-refractivity contribution is 5.93. The SMILES string of the molecule is C=C(NNC(=O)c1nnn(-c2nonc2N)c1CN(C)c1ccccc1)c1ccc(C)cc1. The maximum atomic E-state index is 13.0. The summed E-state index contributed by atoms with van der Waals surface area (Å²) in [6.45, 7) is 6.24. The number of anilines is 2. The lowest BCUT2D eigenvalue weighted by atomic mass is 10.1. The maximum absolute atomic E-state index is 13.0. The first-order chi connectivity index (χ1) is 15.9. The lowest BCUT2D eigenvalue weighted by Gasteiger charge is -2.20. The molecule has 0 spiro atoms. The molecule has 2 heterocycles. The molecule has 0 fully saturated rings. The van der Waals surface area contributed by atoms with Crippen molar-refractivity contribution in [2.24, 2.45) is 0 Å². The lowest BCUT2D eigenvalue weighted by molar-refractivity contribution is 0.0936. The summed E-state index contributed by atoms with van der Waals surface area (Å²) in [7, 11) is 1.89. The molecule has 4 aromatic rings. The molecule has 0 saturated carbocycles. The van der Waals surface area contributed by atoms with Crippen molar-refractivity contribution in [1.82, 2.24) is 36.2 Å². The number of carbonyl (C=O) groups excluding carboxylic acids is 1. The molecule has 2 aromatic heterocycles. The van der Waals surface area contributed by atoms with Crippen LogP contribution in [0.1, 0.15) is 27.3 Å². The first-order valence-electron chi connectivity index (χ1n) is 10.1. The molecule has 11 nitrogen and oxygen atoms in total. The van der Waals surface area contributed by atoms with Crippen LogP contribution in [0.15, 0.2) is 65.8 Å². The zero-order valence-electron chi connectivity index (χ0n) is 18.2. The van der Waals surface area contributed by atoms with E-state index in [0.29, 0.717) is 11.4 Å². The summed E-state index contributed by atoms with van der Waals surface area (Å²) in [4.78, 5) is 14.9. The van der Waals surface area contributed by atoms with Crippen molar-refractivity contribution in [2.75, 3.05) is 17.7 Å². The van der Waals surface area contributed by atoms with Crippen molar-refractivity contribution >= 4 is 23.1 Å². The number of nitrogens with zero attached hydrogens (tertiary/aromatic N) is 6. The summed E-state index contributed by atoms with van der Waals surface area (Å²) in [6.07, 6.45) is 0. The van der Waals surface area contributed by atoms with Gasteiger partial charge in [-0.2, -0.15) is 4.68 Å². The number of aryl methyl sites for hydroxylation is 1. The Bertz CT molecular complexity index is 1260. The second-order valence-corrected chi connectivity index (χ2v) is 7.38. The van der Waals surface area contributed by atoms with Crippen LogP contribution in [0, 0.1) is 6.92 Å². The van der Waals surface area contributed by atoms with E-state index in [9.17, 15) is 4.79 Å². The van der Waals surface area contributed by atoms with Crippen molar-refractivity contribution in [3.05, 3.63) is 83.7 Å². The quantitative estimate of drug-likeness (QED) is 0.348. The van der Waals surface area contributed by atoms with Gasteiger partial charge >= 0.3 is 0 Å². The van der Waals surface area contributed by atoms with Crippen LogP contribution in [0.2, 0.25) is 0 Å². The third-order valence-electron chi connectivity index (χ3n) is 4.99. The molecule has 0 aliphatic rings. The molecule has 0 bridgehead atoms. The minimum atomic E-state index is -0.499. The van der Waals surface area contributed by atoms with Gasteiger partial charge in [0.1, 0.15) is 0 Å². The van der Waals surface area contributed by atoms with E-state index in [-0.39, 0.29) is 23.9 Å². The number of rotatable bonds is 8. The molecule has 33 heavy (non-hydrogen) atoms. The van der Waals surface area contributed by atoms with Crippen LogP contribution in [0.3, 0.4) is 0 Å². The third-order valence-corrected chi connectivity index (χ3v) is 4.99. The Labute approximate surface area is 189 Å². The Morgan fingerprint density at radius 2 is 1.85 bits per heavy atom. The van der Waals surface area contributed by atoms with Crippen LogP contribution in [-0.4, -0.2) is 38.3 Å². The van der Waals surface area contributed by atoms with E-state index < -0.39 is 5.91 Å². The number of hydrogen-bond acceptors (Lipinski definition) is 9. The highest BCUT2D eigenvalue weighted by Gasteiger charge is 2.25. The first-order valence-corrected chi connectivity index (χ1v) is 10.1. The fourth-order valence-corrected chi connectivity index (χ4v) is 3.14. The van der Waals surface area contributed by atoms with Gasteiger partial charge in [0.05, 0.1) is 17.9 Å². The number of para-hydroxylation sites is 1. The molecular weight excluding hydrogens is 422 g/mol. The maximum Gasteiger partial charge on any atom is 0.292 e. The summed E-state index contributed by atoms with van der Waals surface area (Å²) >= 11 is 0. The van der Waals surface area contributed by atoms with Crippen molar-refractivity contribution in [3.8, 4) is 5.82 Å². The molecule has 0 saturated heterocycles. The molecular formula is C22H23N9O2. The standard InChI is InChI=1S/C22H23N9O2/c1-14-9-11-16(12-10-14)15(2)24-26-22(32)19-18(13-30(3)17-7-5-4-6-8-17)31(29-25-19)21-20(23)27-33-28-21/h4-12,24H,2,13H2,1,3H3,(H2,23,27)(H,26,32). The number of aromatic nitrogens is 5. The molecule has 0 atom stereocenters. The van der Waals surface area contributed by atoms with E-state index >= 15 is 0 Å². The van der Waals surface area contributed by atoms with E-state index in [4.69, 9.17) is 10.4 Å². The summed E-state index contributed by atoms with van der Waals surface area (Å²) in [6, 6.07) is 17.4. The molecule has 168 valence electrons. The number of hydrazine groups is 1. The Balaban J connectivity index is 1.58. The molecule has 0 aliphatic heterocycles. The van der Waals surface area contributed by atoms with Gasteiger partial charge in [-0.05, 0) is 34.9 Å². The molecule has 4 rings (SSSR count). The lowest BCUT2D eigenvalue weighted by Crippen LogP contribution is -2.37. The second-order valence-electron chi connectivity index (χ2n) is 7.38. The van der Waals surface area contributed by atoms with E-state index in [1.54, 1.807) is 0 Å². The number of benzene rings is 2.